The molecule has 150 valence electrons. The Balaban J connectivity index is 1.72. The van der Waals surface area contributed by atoms with Crippen molar-refractivity contribution >= 4 is 11.8 Å². The SMILES string of the molecule is CC(C)c1ccc2c(c1)[C@H]([NH+]1CC[NH+](C(C)C)CC1)Cc1ccc(F)cc1S2. The zero-order valence-corrected chi connectivity index (χ0v) is 18.3. The predicted octanol–water partition coefficient (Wildman–Crippen LogP) is 2.89. The third-order valence-corrected chi connectivity index (χ3v) is 7.78. The van der Waals surface area contributed by atoms with Gasteiger partial charge in [0.2, 0.25) is 0 Å². The van der Waals surface area contributed by atoms with Gasteiger partial charge in [-0.25, -0.2) is 4.39 Å². The minimum atomic E-state index is -0.133. The van der Waals surface area contributed by atoms with E-state index >= 15 is 0 Å². The summed E-state index contributed by atoms with van der Waals surface area (Å²) >= 11 is 1.75. The highest BCUT2D eigenvalue weighted by Crippen LogP contribution is 2.41. The van der Waals surface area contributed by atoms with Crippen molar-refractivity contribution < 1.29 is 14.2 Å². The maximum Gasteiger partial charge on any atom is 0.128 e. The topological polar surface area (TPSA) is 8.88 Å². The summed E-state index contributed by atoms with van der Waals surface area (Å²) in [5.74, 6) is 0.391. The van der Waals surface area contributed by atoms with Gasteiger partial charge >= 0.3 is 0 Å². The van der Waals surface area contributed by atoms with Crippen LogP contribution in [0.3, 0.4) is 0 Å². The summed E-state index contributed by atoms with van der Waals surface area (Å²) in [7, 11) is 0. The van der Waals surface area contributed by atoms with Crippen molar-refractivity contribution in [2.45, 2.75) is 61.9 Å². The van der Waals surface area contributed by atoms with Crippen LogP contribution in [0.25, 0.3) is 0 Å². The van der Waals surface area contributed by atoms with Crippen molar-refractivity contribution in [2.24, 2.45) is 0 Å². The Morgan fingerprint density at radius 3 is 2.36 bits per heavy atom. The van der Waals surface area contributed by atoms with Crippen LogP contribution in [0, 0.1) is 5.82 Å². The van der Waals surface area contributed by atoms with Crippen molar-refractivity contribution in [1.29, 1.82) is 0 Å². The van der Waals surface area contributed by atoms with Crippen LogP contribution in [0.4, 0.5) is 4.39 Å². The van der Waals surface area contributed by atoms with Crippen molar-refractivity contribution in [3.8, 4) is 0 Å². The molecule has 4 rings (SSSR count). The van der Waals surface area contributed by atoms with Crippen LogP contribution in [-0.2, 0) is 6.42 Å². The molecule has 2 aliphatic rings. The molecule has 2 heterocycles. The molecule has 1 atom stereocenters. The summed E-state index contributed by atoms with van der Waals surface area (Å²) in [5.41, 5.74) is 4.17. The molecule has 0 aliphatic carbocycles. The highest BCUT2D eigenvalue weighted by atomic mass is 32.2. The molecule has 2 N–H and O–H groups in total. The van der Waals surface area contributed by atoms with Crippen LogP contribution in [0.15, 0.2) is 46.2 Å². The van der Waals surface area contributed by atoms with Crippen LogP contribution >= 0.6 is 11.8 Å². The normalized spacial score (nSPS) is 24.8. The lowest BCUT2D eigenvalue weighted by atomic mass is 9.93. The van der Waals surface area contributed by atoms with Crippen LogP contribution in [-0.4, -0.2) is 32.2 Å². The molecule has 2 aromatic carbocycles. The zero-order valence-electron chi connectivity index (χ0n) is 17.5. The minimum absolute atomic E-state index is 0.133. The number of hydrogen-bond acceptors (Lipinski definition) is 1. The maximum absolute atomic E-state index is 13.9. The zero-order chi connectivity index (χ0) is 19.8. The van der Waals surface area contributed by atoms with E-state index in [0.29, 0.717) is 18.0 Å². The number of piperazine rings is 1. The van der Waals surface area contributed by atoms with Crippen LogP contribution in [0.2, 0.25) is 0 Å². The molecule has 0 unspecified atom stereocenters. The fourth-order valence-corrected chi connectivity index (χ4v) is 5.86. The lowest BCUT2D eigenvalue weighted by Gasteiger charge is -2.36. The molecule has 0 bridgehead atoms. The number of rotatable bonds is 3. The average molecular weight is 401 g/mol. The molecule has 4 heteroatoms. The van der Waals surface area contributed by atoms with Gasteiger partial charge in [-0.15, -0.1) is 0 Å². The van der Waals surface area contributed by atoms with Crippen molar-refractivity contribution in [1.82, 2.24) is 0 Å². The summed E-state index contributed by atoms with van der Waals surface area (Å²) in [6.07, 6.45) is 1.00. The fraction of sp³-hybridized carbons (Fsp3) is 0.500. The van der Waals surface area contributed by atoms with Gasteiger partial charge in [-0.3, -0.25) is 0 Å². The predicted molar refractivity (Wildman–Crippen MR) is 114 cm³/mol. The first-order chi connectivity index (χ1) is 13.4. The van der Waals surface area contributed by atoms with Gasteiger partial charge in [0.15, 0.2) is 0 Å². The van der Waals surface area contributed by atoms with E-state index in [9.17, 15) is 4.39 Å². The third kappa shape index (κ3) is 4.00. The lowest BCUT2D eigenvalue weighted by Crippen LogP contribution is -3.29. The molecule has 2 aromatic rings. The number of benzene rings is 2. The highest BCUT2D eigenvalue weighted by Gasteiger charge is 2.35. The van der Waals surface area contributed by atoms with E-state index in [0.717, 1.165) is 11.3 Å². The third-order valence-electron chi connectivity index (χ3n) is 6.59. The van der Waals surface area contributed by atoms with Gasteiger partial charge in [0, 0.05) is 21.8 Å². The van der Waals surface area contributed by atoms with Crippen molar-refractivity contribution in [2.75, 3.05) is 26.2 Å². The molecule has 28 heavy (non-hydrogen) atoms. The molecule has 0 saturated carbocycles. The molecule has 1 saturated heterocycles. The van der Waals surface area contributed by atoms with E-state index in [2.05, 4.69) is 45.9 Å². The Morgan fingerprint density at radius 2 is 1.68 bits per heavy atom. The Kier molecular flexibility index (Phi) is 5.82. The quantitative estimate of drug-likeness (QED) is 0.805. The Morgan fingerprint density at radius 1 is 0.929 bits per heavy atom. The van der Waals surface area contributed by atoms with Gasteiger partial charge in [0.05, 0.1) is 6.04 Å². The summed E-state index contributed by atoms with van der Waals surface area (Å²) in [6.45, 7) is 14.1. The van der Waals surface area contributed by atoms with Gasteiger partial charge in [-0.05, 0) is 55.2 Å². The number of nitrogens with one attached hydrogen (secondary N) is 2. The van der Waals surface area contributed by atoms with E-state index in [-0.39, 0.29) is 5.82 Å². The van der Waals surface area contributed by atoms with Crippen molar-refractivity contribution in [3.05, 3.63) is 58.9 Å². The maximum atomic E-state index is 13.9. The van der Waals surface area contributed by atoms with E-state index < -0.39 is 0 Å². The van der Waals surface area contributed by atoms with Gasteiger partial charge in [0.25, 0.3) is 0 Å². The molecule has 2 nitrogen and oxygen atoms in total. The van der Waals surface area contributed by atoms with Gasteiger partial charge < -0.3 is 9.80 Å². The van der Waals surface area contributed by atoms with Crippen LogP contribution < -0.4 is 9.80 Å². The second kappa shape index (κ2) is 8.17. The smallest absolute Gasteiger partial charge is 0.128 e. The van der Waals surface area contributed by atoms with Crippen LogP contribution in [0.5, 0.6) is 0 Å². The Labute approximate surface area is 173 Å². The average Bonchev–Trinajstić information content (AvgIpc) is 2.83. The van der Waals surface area contributed by atoms with Gasteiger partial charge in [-0.2, -0.15) is 0 Å². The second-order valence-electron chi connectivity index (χ2n) is 9.03. The Hall–Kier alpha value is -1.36. The second-order valence-corrected chi connectivity index (χ2v) is 10.1. The standard InChI is InChI=1S/C24H31FN2S/c1-16(2)18-6-8-23-21(13-18)22(27-11-9-26(10-12-27)17(3)4)14-19-5-7-20(25)15-24(19)28-23/h5-8,13,15-17,22H,9-12,14H2,1-4H3/p+2/t22-/m1/s1. The van der Waals surface area contributed by atoms with Gasteiger partial charge in [-0.1, -0.05) is 37.7 Å². The molecular formula is C24H33FN2S+2. The first-order valence-electron chi connectivity index (χ1n) is 10.7. The monoisotopic (exact) mass is 400 g/mol. The van der Waals surface area contributed by atoms with E-state index in [1.54, 1.807) is 33.7 Å². The number of halogens is 1. The lowest BCUT2D eigenvalue weighted by molar-refractivity contribution is -1.04. The molecule has 2 aliphatic heterocycles. The molecule has 1 fully saturated rings. The van der Waals surface area contributed by atoms with E-state index in [1.807, 2.05) is 6.07 Å². The summed E-state index contributed by atoms with van der Waals surface area (Å²) in [5, 5.41) is 0. The molecule has 0 radical (unpaired) electrons. The first-order valence-corrected chi connectivity index (χ1v) is 11.5. The number of hydrogen-bond donors (Lipinski definition) is 2. The largest absolute Gasteiger partial charge is 0.324 e. The minimum Gasteiger partial charge on any atom is -0.324 e. The van der Waals surface area contributed by atoms with Gasteiger partial charge in [0.1, 0.15) is 38.0 Å². The first kappa shape index (κ1) is 19.9. The number of quaternary nitrogens is 2. The molecule has 0 aromatic heterocycles. The molecule has 0 amide bonds. The summed E-state index contributed by atoms with van der Waals surface area (Å²) in [6, 6.07) is 13.5. The van der Waals surface area contributed by atoms with E-state index in [1.165, 1.54) is 47.8 Å². The molecule has 0 spiro atoms. The summed E-state index contributed by atoms with van der Waals surface area (Å²) < 4.78 is 13.9. The fourth-order valence-electron chi connectivity index (χ4n) is 4.71. The van der Waals surface area contributed by atoms with Crippen LogP contribution in [0.1, 0.15) is 56.3 Å². The van der Waals surface area contributed by atoms with E-state index in [4.69, 9.17) is 0 Å². The van der Waals surface area contributed by atoms with Crippen molar-refractivity contribution in [3.63, 3.8) is 0 Å². The Bertz CT molecular complexity index is 840. The summed E-state index contributed by atoms with van der Waals surface area (Å²) in [4.78, 5) is 5.83. The highest BCUT2D eigenvalue weighted by molar-refractivity contribution is 7.99. The molecular weight excluding hydrogens is 367 g/mol. The number of fused-ring (bicyclic) bond motifs is 2.